The largest absolute Gasteiger partial charge is 0.349 e. The number of amides is 1. The maximum Gasteiger partial charge on any atom is 0.220 e. The maximum atomic E-state index is 11.5. The average Bonchev–Trinajstić information content (AvgIpc) is 2.69. The van der Waals surface area contributed by atoms with E-state index in [9.17, 15) is 4.79 Å². The van der Waals surface area contributed by atoms with Crippen LogP contribution in [0.1, 0.15) is 25.6 Å². The molecule has 0 aromatic carbocycles. The third-order valence-electron chi connectivity index (χ3n) is 2.48. The fourth-order valence-electron chi connectivity index (χ4n) is 1.37. The molecular weight excluding hydrogens is 206 g/mol. The summed E-state index contributed by atoms with van der Waals surface area (Å²) in [5, 5.41) is 6.85. The van der Waals surface area contributed by atoms with Crippen molar-refractivity contribution in [3.63, 3.8) is 0 Å². The second kappa shape index (κ2) is 6.22. The van der Waals surface area contributed by atoms with Crippen LogP contribution in [-0.4, -0.2) is 27.2 Å². The minimum absolute atomic E-state index is 0.00440. The van der Waals surface area contributed by atoms with Crippen molar-refractivity contribution in [2.45, 2.75) is 26.3 Å². The molecule has 1 rings (SSSR count). The molecule has 0 spiro atoms. The Bertz CT molecular complexity index is 332. The maximum absolute atomic E-state index is 11.5. The van der Waals surface area contributed by atoms with Gasteiger partial charge in [0.2, 0.25) is 5.91 Å². The quantitative estimate of drug-likeness (QED) is 0.702. The molecule has 1 heterocycles. The van der Waals surface area contributed by atoms with Gasteiger partial charge in [0.25, 0.3) is 0 Å². The molecule has 1 amide bonds. The first kappa shape index (κ1) is 12.6. The highest BCUT2D eigenvalue weighted by molar-refractivity contribution is 5.76. The van der Waals surface area contributed by atoms with Crippen LogP contribution in [0.2, 0.25) is 0 Å². The van der Waals surface area contributed by atoms with Crippen LogP contribution in [-0.2, 0) is 18.4 Å². The number of nitrogens with two attached hydrogens (primary N) is 1. The average molecular weight is 225 g/mol. The predicted molar refractivity (Wildman–Crippen MR) is 60.3 cm³/mol. The van der Waals surface area contributed by atoms with Crippen LogP contribution in [0.15, 0.2) is 6.33 Å². The van der Waals surface area contributed by atoms with Crippen molar-refractivity contribution in [3.8, 4) is 0 Å². The lowest BCUT2D eigenvalue weighted by atomic mass is 10.0. The highest BCUT2D eigenvalue weighted by Crippen LogP contribution is 2.05. The van der Waals surface area contributed by atoms with Gasteiger partial charge in [-0.1, -0.05) is 13.3 Å². The van der Waals surface area contributed by atoms with E-state index in [-0.39, 0.29) is 11.8 Å². The number of hydrogen-bond acceptors (Lipinski definition) is 4. The van der Waals surface area contributed by atoms with E-state index in [2.05, 4.69) is 15.4 Å². The number of carbonyl (C=O) groups excluding carboxylic acids is 1. The molecule has 0 radical (unpaired) electrons. The first-order chi connectivity index (χ1) is 7.65. The van der Waals surface area contributed by atoms with E-state index >= 15 is 0 Å². The van der Waals surface area contributed by atoms with E-state index < -0.39 is 0 Å². The molecule has 1 aromatic heterocycles. The highest BCUT2D eigenvalue weighted by atomic mass is 16.1. The molecule has 0 saturated heterocycles. The van der Waals surface area contributed by atoms with Gasteiger partial charge in [0, 0.05) is 13.5 Å². The summed E-state index contributed by atoms with van der Waals surface area (Å²) >= 11 is 0. The Kier molecular flexibility index (Phi) is 4.91. The smallest absolute Gasteiger partial charge is 0.220 e. The van der Waals surface area contributed by atoms with Crippen LogP contribution in [0.4, 0.5) is 0 Å². The van der Waals surface area contributed by atoms with E-state index in [1.54, 1.807) is 18.1 Å². The van der Waals surface area contributed by atoms with Gasteiger partial charge in [-0.25, -0.2) is 4.98 Å². The van der Waals surface area contributed by atoms with Gasteiger partial charge in [-0.05, 0) is 12.5 Å². The highest BCUT2D eigenvalue weighted by Gasteiger charge is 2.10. The van der Waals surface area contributed by atoms with Crippen molar-refractivity contribution in [2.24, 2.45) is 18.7 Å². The van der Waals surface area contributed by atoms with E-state index in [1.807, 2.05) is 6.92 Å². The Morgan fingerprint density at radius 2 is 2.44 bits per heavy atom. The Hall–Kier alpha value is -1.43. The molecule has 16 heavy (non-hydrogen) atoms. The van der Waals surface area contributed by atoms with Crippen LogP contribution in [0.5, 0.6) is 0 Å². The number of nitrogens with one attached hydrogen (secondary N) is 1. The number of carbonyl (C=O) groups is 1. The fraction of sp³-hybridized carbons (Fsp3) is 0.700. The van der Waals surface area contributed by atoms with Crippen LogP contribution in [0, 0.1) is 5.92 Å². The summed E-state index contributed by atoms with van der Waals surface area (Å²) < 4.78 is 1.61. The molecule has 6 nitrogen and oxygen atoms in total. The summed E-state index contributed by atoms with van der Waals surface area (Å²) in [5.74, 6) is 0.887. The van der Waals surface area contributed by atoms with Gasteiger partial charge in [-0.3, -0.25) is 9.48 Å². The summed E-state index contributed by atoms with van der Waals surface area (Å²) in [6, 6.07) is 0. The summed E-state index contributed by atoms with van der Waals surface area (Å²) in [7, 11) is 1.79. The molecule has 1 unspecified atom stereocenters. The van der Waals surface area contributed by atoms with E-state index in [0.29, 0.717) is 25.3 Å². The Morgan fingerprint density at radius 1 is 1.69 bits per heavy atom. The molecule has 90 valence electrons. The molecule has 3 N–H and O–H groups in total. The molecule has 1 atom stereocenters. The molecular formula is C10H19N5O. The first-order valence-electron chi connectivity index (χ1n) is 5.47. The van der Waals surface area contributed by atoms with Crippen molar-refractivity contribution >= 4 is 5.91 Å². The van der Waals surface area contributed by atoms with Gasteiger partial charge >= 0.3 is 0 Å². The second-order valence-corrected chi connectivity index (χ2v) is 3.83. The number of aryl methyl sites for hydroxylation is 1. The van der Waals surface area contributed by atoms with Crippen LogP contribution < -0.4 is 11.1 Å². The second-order valence-electron chi connectivity index (χ2n) is 3.83. The molecule has 6 heteroatoms. The van der Waals surface area contributed by atoms with Gasteiger partial charge in [0.15, 0.2) is 5.82 Å². The van der Waals surface area contributed by atoms with E-state index in [1.165, 1.54) is 0 Å². The third kappa shape index (κ3) is 3.98. The topological polar surface area (TPSA) is 85.8 Å². The Balaban J connectivity index is 2.30. The van der Waals surface area contributed by atoms with E-state index in [4.69, 9.17) is 5.73 Å². The summed E-state index contributed by atoms with van der Waals surface area (Å²) in [6.45, 7) is 2.96. The number of rotatable bonds is 6. The number of hydrogen-bond donors (Lipinski definition) is 2. The van der Waals surface area contributed by atoms with Crippen LogP contribution >= 0.6 is 0 Å². The molecule has 0 aliphatic heterocycles. The summed E-state index contributed by atoms with van der Waals surface area (Å²) in [6.07, 6.45) is 3.00. The summed E-state index contributed by atoms with van der Waals surface area (Å²) in [4.78, 5) is 15.5. The number of aromatic nitrogens is 3. The van der Waals surface area contributed by atoms with Crippen molar-refractivity contribution in [2.75, 3.05) is 6.54 Å². The molecule has 0 bridgehead atoms. The molecule has 0 saturated carbocycles. The first-order valence-corrected chi connectivity index (χ1v) is 5.47. The van der Waals surface area contributed by atoms with Gasteiger partial charge < -0.3 is 11.1 Å². The number of nitrogens with zero attached hydrogens (tertiary/aromatic N) is 3. The van der Waals surface area contributed by atoms with Crippen molar-refractivity contribution in [3.05, 3.63) is 12.2 Å². The standard InChI is InChI=1S/C10H19N5O/c1-3-8(5-11)4-10(16)12-6-9-13-7-15(2)14-9/h7-8H,3-6,11H2,1-2H3,(H,12,16). The minimum atomic E-state index is 0.00440. The monoisotopic (exact) mass is 225 g/mol. The van der Waals surface area contributed by atoms with Gasteiger partial charge in [-0.15, -0.1) is 0 Å². The lowest BCUT2D eigenvalue weighted by Crippen LogP contribution is -2.28. The third-order valence-corrected chi connectivity index (χ3v) is 2.48. The SMILES string of the molecule is CCC(CN)CC(=O)NCc1ncn(C)n1. The molecule has 0 fully saturated rings. The molecule has 0 aliphatic rings. The lowest BCUT2D eigenvalue weighted by Gasteiger charge is -2.10. The zero-order valence-corrected chi connectivity index (χ0v) is 9.81. The summed E-state index contributed by atoms with van der Waals surface area (Å²) in [5.41, 5.74) is 5.53. The van der Waals surface area contributed by atoms with Gasteiger partial charge in [-0.2, -0.15) is 5.10 Å². The van der Waals surface area contributed by atoms with Crippen molar-refractivity contribution in [1.82, 2.24) is 20.1 Å². The van der Waals surface area contributed by atoms with Crippen LogP contribution in [0.3, 0.4) is 0 Å². The Morgan fingerprint density at radius 3 is 2.94 bits per heavy atom. The van der Waals surface area contributed by atoms with E-state index in [0.717, 1.165) is 6.42 Å². The fourth-order valence-corrected chi connectivity index (χ4v) is 1.37. The lowest BCUT2D eigenvalue weighted by molar-refractivity contribution is -0.122. The van der Waals surface area contributed by atoms with Crippen molar-refractivity contribution in [1.29, 1.82) is 0 Å². The van der Waals surface area contributed by atoms with Gasteiger partial charge in [0.1, 0.15) is 6.33 Å². The van der Waals surface area contributed by atoms with Crippen LogP contribution in [0.25, 0.3) is 0 Å². The molecule has 0 aliphatic carbocycles. The minimum Gasteiger partial charge on any atom is -0.349 e. The molecule has 1 aromatic rings. The normalized spacial score (nSPS) is 12.4. The Labute approximate surface area is 95.2 Å². The predicted octanol–water partition coefficient (Wildman–Crippen LogP) is -0.194. The van der Waals surface area contributed by atoms with Crippen molar-refractivity contribution < 1.29 is 4.79 Å². The zero-order chi connectivity index (χ0) is 12.0. The zero-order valence-electron chi connectivity index (χ0n) is 9.81. The van der Waals surface area contributed by atoms with Gasteiger partial charge in [0.05, 0.1) is 6.54 Å².